The molecule has 3 rings (SSSR count). The van der Waals surface area contributed by atoms with Crippen LogP contribution in [0.2, 0.25) is 0 Å². The fraction of sp³-hybridized carbons (Fsp3) is 0.263. The average molecular weight is 295 g/mol. The highest BCUT2D eigenvalue weighted by molar-refractivity contribution is 5.92. The van der Waals surface area contributed by atoms with E-state index in [1.54, 1.807) is 12.1 Å². The number of rotatable bonds is 4. The minimum Gasteiger partial charge on any atom is -0.508 e. The summed E-state index contributed by atoms with van der Waals surface area (Å²) in [5.74, 6) is 1.19. The Kier molecular flexibility index (Phi) is 3.80. The van der Waals surface area contributed by atoms with Crippen molar-refractivity contribution in [1.29, 1.82) is 0 Å². The molecule has 0 unspecified atom stereocenters. The van der Waals surface area contributed by atoms with Gasteiger partial charge in [-0.2, -0.15) is 0 Å². The molecule has 0 spiro atoms. The van der Waals surface area contributed by atoms with Gasteiger partial charge in [-0.1, -0.05) is 6.92 Å². The highest BCUT2D eigenvalue weighted by Crippen LogP contribution is 2.35. The van der Waals surface area contributed by atoms with Gasteiger partial charge in [0.15, 0.2) is 0 Å². The Labute approximate surface area is 130 Å². The largest absolute Gasteiger partial charge is 0.508 e. The Morgan fingerprint density at radius 1 is 1.05 bits per heavy atom. The van der Waals surface area contributed by atoms with Crippen molar-refractivity contribution in [2.45, 2.75) is 20.3 Å². The second-order valence-corrected chi connectivity index (χ2v) is 5.40. The molecule has 1 heterocycles. The fourth-order valence-corrected chi connectivity index (χ4v) is 3.10. The summed E-state index contributed by atoms with van der Waals surface area (Å²) in [7, 11) is 2.08. The zero-order valence-corrected chi connectivity index (χ0v) is 13.3. The number of nitrogens with zero attached hydrogens (tertiary/aromatic N) is 1. The van der Waals surface area contributed by atoms with Crippen molar-refractivity contribution in [2.24, 2.45) is 7.05 Å². The van der Waals surface area contributed by atoms with Gasteiger partial charge < -0.3 is 14.4 Å². The van der Waals surface area contributed by atoms with Crippen LogP contribution in [-0.2, 0) is 13.5 Å². The summed E-state index contributed by atoms with van der Waals surface area (Å²) in [4.78, 5) is 0. The number of phenolic OH excluding ortho intramolecular Hbond substituents is 1. The zero-order valence-electron chi connectivity index (χ0n) is 13.3. The predicted molar refractivity (Wildman–Crippen MR) is 90.6 cm³/mol. The SMILES string of the molecule is CCOc1ccc2c(CC)c(-c3ccc(O)cc3)n(C)c2c1. The van der Waals surface area contributed by atoms with Crippen molar-refractivity contribution in [1.82, 2.24) is 4.57 Å². The van der Waals surface area contributed by atoms with Gasteiger partial charge >= 0.3 is 0 Å². The molecule has 0 fully saturated rings. The molecular formula is C19H21NO2. The van der Waals surface area contributed by atoms with Gasteiger partial charge in [0.05, 0.1) is 17.8 Å². The first-order chi connectivity index (χ1) is 10.7. The molecule has 3 heteroatoms. The number of phenols is 1. The number of aryl methyl sites for hydroxylation is 2. The Bertz CT molecular complexity index is 800. The number of benzene rings is 2. The first kappa shape index (κ1) is 14.5. The maximum atomic E-state index is 9.51. The van der Waals surface area contributed by atoms with Crippen molar-refractivity contribution in [3.8, 4) is 22.8 Å². The Balaban J connectivity index is 2.25. The molecule has 0 aliphatic heterocycles. The van der Waals surface area contributed by atoms with Crippen LogP contribution >= 0.6 is 0 Å². The van der Waals surface area contributed by atoms with E-state index in [1.165, 1.54) is 22.2 Å². The summed E-state index contributed by atoms with van der Waals surface area (Å²) in [6, 6.07) is 13.7. The first-order valence-electron chi connectivity index (χ1n) is 7.69. The van der Waals surface area contributed by atoms with E-state index in [1.807, 2.05) is 25.1 Å². The lowest BCUT2D eigenvalue weighted by atomic mass is 10.0. The molecule has 0 saturated carbocycles. The number of aromatic nitrogens is 1. The minimum atomic E-state index is 0.291. The van der Waals surface area contributed by atoms with E-state index in [0.717, 1.165) is 17.7 Å². The highest BCUT2D eigenvalue weighted by atomic mass is 16.5. The van der Waals surface area contributed by atoms with Gasteiger partial charge in [-0.25, -0.2) is 0 Å². The lowest BCUT2D eigenvalue weighted by Gasteiger charge is -2.07. The van der Waals surface area contributed by atoms with Gasteiger partial charge in [-0.15, -0.1) is 0 Å². The molecule has 22 heavy (non-hydrogen) atoms. The molecule has 2 aromatic carbocycles. The number of hydrogen-bond acceptors (Lipinski definition) is 2. The lowest BCUT2D eigenvalue weighted by molar-refractivity contribution is 0.340. The van der Waals surface area contributed by atoms with Crippen LogP contribution in [0.15, 0.2) is 42.5 Å². The zero-order chi connectivity index (χ0) is 15.7. The molecule has 0 amide bonds. The number of ether oxygens (including phenoxy) is 1. The maximum Gasteiger partial charge on any atom is 0.121 e. The Hall–Kier alpha value is -2.42. The standard InChI is InChI=1S/C19H21NO2/c1-4-16-17-11-10-15(22-5-2)12-18(17)20(3)19(16)13-6-8-14(21)9-7-13/h6-12,21H,4-5H2,1-3H3. The molecule has 0 radical (unpaired) electrons. The molecule has 114 valence electrons. The molecule has 3 aromatic rings. The van der Waals surface area contributed by atoms with Gasteiger partial charge in [-0.3, -0.25) is 0 Å². The number of hydrogen-bond donors (Lipinski definition) is 1. The third kappa shape index (κ3) is 2.33. The molecular weight excluding hydrogens is 274 g/mol. The van der Waals surface area contributed by atoms with Crippen molar-refractivity contribution in [3.63, 3.8) is 0 Å². The van der Waals surface area contributed by atoms with E-state index in [-0.39, 0.29) is 0 Å². The van der Waals surface area contributed by atoms with Gasteiger partial charge in [-0.05, 0) is 60.9 Å². The average Bonchev–Trinajstić information content (AvgIpc) is 2.81. The molecule has 0 aliphatic rings. The molecule has 0 aliphatic carbocycles. The summed E-state index contributed by atoms with van der Waals surface area (Å²) in [5, 5.41) is 10.8. The van der Waals surface area contributed by atoms with Crippen LogP contribution in [-0.4, -0.2) is 16.3 Å². The van der Waals surface area contributed by atoms with E-state index in [4.69, 9.17) is 4.74 Å². The normalized spacial score (nSPS) is 11.0. The van der Waals surface area contributed by atoms with Crippen LogP contribution in [0.4, 0.5) is 0 Å². The third-order valence-corrected chi connectivity index (χ3v) is 4.08. The molecule has 1 aromatic heterocycles. The third-order valence-electron chi connectivity index (χ3n) is 4.08. The quantitative estimate of drug-likeness (QED) is 0.768. The van der Waals surface area contributed by atoms with E-state index in [2.05, 4.69) is 30.7 Å². The fourth-order valence-electron chi connectivity index (χ4n) is 3.10. The van der Waals surface area contributed by atoms with E-state index < -0.39 is 0 Å². The molecule has 3 nitrogen and oxygen atoms in total. The van der Waals surface area contributed by atoms with Crippen molar-refractivity contribution in [3.05, 3.63) is 48.0 Å². The molecule has 0 bridgehead atoms. The van der Waals surface area contributed by atoms with Crippen LogP contribution in [0, 0.1) is 0 Å². The first-order valence-corrected chi connectivity index (χ1v) is 7.69. The van der Waals surface area contributed by atoms with Crippen molar-refractivity contribution < 1.29 is 9.84 Å². The smallest absolute Gasteiger partial charge is 0.121 e. The van der Waals surface area contributed by atoms with Crippen LogP contribution in [0.1, 0.15) is 19.4 Å². The van der Waals surface area contributed by atoms with Crippen LogP contribution in [0.3, 0.4) is 0 Å². The summed E-state index contributed by atoms with van der Waals surface area (Å²) >= 11 is 0. The summed E-state index contributed by atoms with van der Waals surface area (Å²) in [6.45, 7) is 4.84. The van der Waals surface area contributed by atoms with Crippen molar-refractivity contribution >= 4 is 10.9 Å². The van der Waals surface area contributed by atoms with Crippen LogP contribution in [0.5, 0.6) is 11.5 Å². The topological polar surface area (TPSA) is 34.4 Å². The monoisotopic (exact) mass is 295 g/mol. The highest BCUT2D eigenvalue weighted by Gasteiger charge is 2.16. The lowest BCUT2D eigenvalue weighted by Crippen LogP contribution is -1.94. The summed E-state index contributed by atoms with van der Waals surface area (Å²) < 4.78 is 7.84. The predicted octanol–water partition coefficient (Wildman–Crippen LogP) is 4.51. The van der Waals surface area contributed by atoms with Crippen molar-refractivity contribution in [2.75, 3.05) is 6.61 Å². The van der Waals surface area contributed by atoms with Gasteiger partial charge in [0.2, 0.25) is 0 Å². The second kappa shape index (κ2) is 5.76. The minimum absolute atomic E-state index is 0.291. The molecule has 0 saturated heterocycles. The summed E-state index contributed by atoms with van der Waals surface area (Å²) in [5.41, 5.74) is 4.81. The van der Waals surface area contributed by atoms with E-state index in [9.17, 15) is 5.11 Å². The van der Waals surface area contributed by atoms with E-state index in [0.29, 0.717) is 12.4 Å². The van der Waals surface area contributed by atoms with Gasteiger partial charge in [0, 0.05) is 18.5 Å². The number of fused-ring (bicyclic) bond motifs is 1. The molecule has 1 N–H and O–H groups in total. The molecule has 0 atom stereocenters. The summed E-state index contributed by atoms with van der Waals surface area (Å²) in [6.07, 6.45) is 0.960. The van der Waals surface area contributed by atoms with Gasteiger partial charge in [0.25, 0.3) is 0 Å². The second-order valence-electron chi connectivity index (χ2n) is 5.40. The number of aromatic hydroxyl groups is 1. The Morgan fingerprint density at radius 2 is 1.77 bits per heavy atom. The Morgan fingerprint density at radius 3 is 2.41 bits per heavy atom. The van der Waals surface area contributed by atoms with Crippen LogP contribution < -0.4 is 4.74 Å². The van der Waals surface area contributed by atoms with E-state index >= 15 is 0 Å². The maximum absolute atomic E-state index is 9.51. The van der Waals surface area contributed by atoms with Crippen LogP contribution in [0.25, 0.3) is 22.2 Å². The van der Waals surface area contributed by atoms with Gasteiger partial charge in [0.1, 0.15) is 11.5 Å².